The van der Waals surface area contributed by atoms with E-state index in [1.807, 2.05) is 18.2 Å². The largest absolute Gasteiger partial charge is 0.493 e. The van der Waals surface area contributed by atoms with E-state index in [-0.39, 0.29) is 6.04 Å². The Hall–Kier alpha value is -2.22. The van der Waals surface area contributed by atoms with Crippen LogP contribution < -0.4 is 15.8 Å². The Balaban J connectivity index is 1.32. The van der Waals surface area contributed by atoms with Crippen LogP contribution in [0.4, 0.5) is 0 Å². The van der Waals surface area contributed by atoms with E-state index in [4.69, 9.17) is 10.5 Å². The van der Waals surface area contributed by atoms with Crippen molar-refractivity contribution in [2.45, 2.75) is 62.2 Å². The average molecular weight is 415 g/mol. The van der Waals surface area contributed by atoms with Crippen LogP contribution in [-0.4, -0.2) is 40.1 Å². The van der Waals surface area contributed by atoms with Gasteiger partial charge in [-0.25, -0.2) is 0 Å². The second-order valence-electron chi connectivity index (χ2n) is 7.65. The molecule has 29 heavy (non-hydrogen) atoms. The fourth-order valence-corrected chi connectivity index (χ4v) is 4.87. The van der Waals surface area contributed by atoms with Crippen LogP contribution in [0.15, 0.2) is 34.4 Å². The van der Waals surface area contributed by atoms with Crippen LogP contribution in [0.1, 0.15) is 62.0 Å². The van der Waals surface area contributed by atoms with Crippen LogP contribution >= 0.6 is 11.8 Å². The Morgan fingerprint density at radius 2 is 2.10 bits per heavy atom. The molecule has 1 fully saturated rings. The van der Waals surface area contributed by atoms with E-state index in [0.717, 1.165) is 41.6 Å². The number of hydrogen-bond donors (Lipinski definition) is 2. The molecule has 1 aliphatic carbocycles. The first-order chi connectivity index (χ1) is 14.3. The van der Waals surface area contributed by atoms with Crippen LogP contribution in [0.25, 0.3) is 0 Å². The first-order valence-corrected chi connectivity index (χ1v) is 11.7. The van der Waals surface area contributed by atoms with Gasteiger partial charge in [0.1, 0.15) is 11.6 Å². The molecule has 2 aromatic rings. The standard InChI is InChI=1S/C21H30N6OS/c1-29-21-26-25-19(27(21)15-7-2-3-8-15)11-6-13-23-20(22)24-17-12-14-28-18-10-5-4-9-16(17)18/h4-5,9-10,15,17H,2-3,6-8,11-14H2,1H3,(H3,22,23,24). The quantitative estimate of drug-likeness (QED) is 0.312. The molecule has 0 spiro atoms. The maximum Gasteiger partial charge on any atom is 0.191 e. The number of hydrogen-bond acceptors (Lipinski definition) is 5. The molecule has 1 aliphatic heterocycles. The number of rotatable bonds is 7. The van der Waals surface area contributed by atoms with Crippen molar-refractivity contribution >= 4 is 17.7 Å². The van der Waals surface area contributed by atoms with Gasteiger partial charge in [-0.15, -0.1) is 10.2 Å². The highest BCUT2D eigenvalue weighted by Gasteiger charge is 2.23. The summed E-state index contributed by atoms with van der Waals surface area (Å²) in [4.78, 5) is 4.54. The molecule has 7 nitrogen and oxygen atoms in total. The number of guanidine groups is 1. The van der Waals surface area contributed by atoms with Gasteiger partial charge in [0.2, 0.25) is 0 Å². The molecule has 1 saturated carbocycles. The van der Waals surface area contributed by atoms with Gasteiger partial charge in [-0.1, -0.05) is 42.8 Å². The fraction of sp³-hybridized carbons (Fsp3) is 0.571. The van der Waals surface area contributed by atoms with E-state index in [1.165, 1.54) is 25.7 Å². The Morgan fingerprint density at radius 3 is 2.93 bits per heavy atom. The molecule has 1 atom stereocenters. The summed E-state index contributed by atoms with van der Waals surface area (Å²) in [5, 5.41) is 13.2. The van der Waals surface area contributed by atoms with Crippen molar-refractivity contribution in [1.82, 2.24) is 20.1 Å². The number of thioether (sulfide) groups is 1. The van der Waals surface area contributed by atoms with Gasteiger partial charge >= 0.3 is 0 Å². The van der Waals surface area contributed by atoms with E-state index in [9.17, 15) is 0 Å². The van der Waals surface area contributed by atoms with Crippen molar-refractivity contribution in [3.05, 3.63) is 35.7 Å². The number of nitrogens with one attached hydrogen (secondary N) is 1. The summed E-state index contributed by atoms with van der Waals surface area (Å²) in [6.07, 6.45) is 9.82. The van der Waals surface area contributed by atoms with Crippen molar-refractivity contribution in [3.8, 4) is 5.75 Å². The molecule has 0 amide bonds. The first-order valence-electron chi connectivity index (χ1n) is 10.5. The second-order valence-corrected chi connectivity index (χ2v) is 8.43. The minimum atomic E-state index is 0.151. The maximum atomic E-state index is 6.16. The van der Waals surface area contributed by atoms with E-state index in [0.29, 0.717) is 25.2 Å². The zero-order valence-electron chi connectivity index (χ0n) is 17.0. The van der Waals surface area contributed by atoms with Gasteiger partial charge in [0.15, 0.2) is 11.1 Å². The summed E-state index contributed by atoms with van der Waals surface area (Å²) in [7, 11) is 0. The SMILES string of the molecule is CSc1nnc(CCCN=C(N)NC2CCOc3ccccc32)n1C1CCCC1. The van der Waals surface area contributed by atoms with E-state index in [1.54, 1.807) is 11.8 Å². The first kappa shape index (κ1) is 20.1. The van der Waals surface area contributed by atoms with Crippen LogP contribution in [0.5, 0.6) is 5.75 Å². The Kier molecular flexibility index (Phi) is 6.59. The van der Waals surface area contributed by atoms with Crippen LogP contribution in [0, 0.1) is 0 Å². The summed E-state index contributed by atoms with van der Waals surface area (Å²) >= 11 is 1.68. The van der Waals surface area contributed by atoms with Crippen LogP contribution in [-0.2, 0) is 6.42 Å². The number of benzene rings is 1. The van der Waals surface area contributed by atoms with Crippen LogP contribution in [0.3, 0.4) is 0 Å². The normalized spacial score (nSPS) is 19.8. The van der Waals surface area contributed by atoms with E-state index in [2.05, 4.69) is 37.4 Å². The molecule has 0 bridgehead atoms. The van der Waals surface area contributed by atoms with Crippen molar-refractivity contribution in [3.63, 3.8) is 0 Å². The minimum absolute atomic E-state index is 0.151. The fourth-order valence-electron chi connectivity index (χ4n) is 4.30. The third-order valence-electron chi connectivity index (χ3n) is 5.73. The highest BCUT2D eigenvalue weighted by atomic mass is 32.2. The zero-order valence-corrected chi connectivity index (χ0v) is 17.8. The Labute approximate surface area is 176 Å². The van der Waals surface area contributed by atoms with Crippen molar-refractivity contribution in [2.24, 2.45) is 10.7 Å². The molecule has 3 N–H and O–H groups in total. The van der Waals surface area contributed by atoms with E-state index >= 15 is 0 Å². The number of aliphatic imine (C=N–C) groups is 1. The van der Waals surface area contributed by atoms with Gasteiger partial charge < -0.3 is 20.4 Å². The Morgan fingerprint density at radius 1 is 1.28 bits per heavy atom. The number of nitrogens with zero attached hydrogens (tertiary/aromatic N) is 4. The van der Waals surface area contributed by atoms with E-state index < -0.39 is 0 Å². The van der Waals surface area contributed by atoms with Crippen molar-refractivity contribution in [2.75, 3.05) is 19.4 Å². The molecule has 156 valence electrons. The lowest BCUT2D eigenvalue weighted by molar-refractivity contribution is 0.262. The van der Waals surface area contributed by atoms with Gasteiger partial charge in [0.05, 0.1) is 12.6 Å². The van der Waals surface area contributed by atoms with Gasteiger partial charge in [-0.05, 0) is 31.6 Å². The molecule has 1 aromatic carbocycles. The lowest BCUT2D eigenvalue weighted by Crippen LogP contribution is -2.37. The molecule has 0 saturated heterocycles. The summed E-state index contributed by atoms with van der Waals surface area (Å²) < 4.78 is 8.07. The zero-order chi connectivity index (χ0) is 20.1. The molecule has 1 aromatic heterocycles. The molecule has 2 heterocycles. The summed E-state index contributed by atoms with van der Waals surface area (Å²) in [6.45, 7) is 1.37. The highest BCUT2D eigenvalue weighted by Crippen LogP contribution is 2.33. The minimum Gasteiger partial charge on any atom is -0.493 e. The summed E-state index contributed by atoms with van der Waals surface area (Å²) in [5.41, 5.74) is 7.30. The van der Waals surface area contributed by atoms with Gasteiger partial charge in [0.25, 0.3) is 0 Å². The Bertz CT molecular complexity index is 845. The van der Waals surface area contributed by atoms with Gasteiger partial charge in [-0.3, -0.25) is 4.99 Å². The maximum absolute atomic E-state index is 6.16. The van der Waals surface area contributed by atoms with Crippen molar-refractivity contribution in [1.29, 1.82) is 0 Å². The number of ether oxygens (including phenoxy) is 1. The monoisotopic (exact) mass is 414 g/mol. The predicted octanol–water partition coefficient (Wildman–Crippen LogP) is 3.48. The number of aromatic nitrogens is 3. The molecular formula is C21H30N6OS. The smallest absolute Gasteiger partial charge is 0.191 e. The third-order valence-corrected chi connectivity index (χ3v) is 6.37. The summed E-state index contributed by atoms with van der Waals surface area (Å²) in [6, 6.07) is 8.81. The number of fused-ring (bicyclic) bond motifs is 1. The number of aryl methyl sites for hydroxylation is 1. The molecule has 2 aliphatic rings. The molecule has 0 radical (unpaired) electrons. The molecule has 4 rings (SSSR count). The lowest BCUT2D eigenvalue weighted by atomic mass is 10.0. The topological polar surface area (TPSA) is 90.3 Å². The second kappa shape index (κ2) is 9.52. The van der Waals surface area contributed by atoms with Crippen molar-refractivity contribution < 1.29 is 4.74 Å². The van der Waals surface area contributed by atoms with Crippen LogP contribution in [0.2, 0.25) is 0 Å². The van der Waals surface area contributed by atoms with Gasteiger partial charge in [0, 0.05) is 31.0 Å². The van der Waals surface area contributed by atoms with Gasteiger partial charge in [-0.2, -0.15) is 0 Å². The summed E-state index contributed by atoms with van der Waals surface area (Å²) in [5.74, 6) is 2.51. The number of nitrogens with two attached hydrogens (primary N) is 1. The molecule has 1 unspecified atom stereocenters. The number of para-hydroxylation sites is 1. The third kappa shape index (κ3) is 4.69. The lowest BCUT2D eigenvalue weighted by Gasteiger charge is -2.26. The average Bonchev–Trinajstić information content (AvgIpc) is 3.41. The predicted molar refractivity (Wildman–Crippen MR) is 117 cm³/mol. The molecule has 8 heteroatoms. The molecular weight excluding hydrogens is 384 g/mol. The highest BCUT2D eigenvalue weighted by molar-refractivity contribution is 7.98.